The van der Waals surface area contributed by atoms with Gasteiger partial charge in [0.05, 0.1) is 0 Å². The molecule has 1 heterocycles. The Labute approximate surface area is 104 Å². The lowest BCUT2D eigenvalue weighted by atomic mass is 10.2. The van der Waals surface area contributed by atoms with Crippen molar-refractivity contribution in [2.45, 2.75) is 19.4 Å². The second-order valence-corrected chi connectivity index (χ2v) is 5.04. The fourth-order valence-electron chi connectivity index (χ4n) is 2.23. The average Bonchev–Trinajstić information content (AvgIpc) is 2.54. The highest BCUT2D eigenvalue weighted by Gasteiger charge is 2.13. The molecule has 1 aliphatic heterocycles. The van der Waals surface area contributed by atoms with Gasteiger partial charge in [0.2, 0.25) is 0 Å². The highest BCUT2D eigenvalue weighted by atomic mass is 15.2. The zero-order valence-electron chi connectivity index (χ0n) is 11.1. The van der Waals surface area contributed by atoms with Crippen LogP contribution >= 0.6 is 0 Å². The van der Waals surface area contributed by atoms with Crippen molar-refractivity contribution in [3.63, 3.8) is 0 Å². The maximum absolute atomic E-state index is 3.52. The van der Waals surface area contributed by atoms with Crippen molar-refractivity contribution in [1.82, 2.24) is 5.32 Å². The summed E-state index contributed by atoms with van der Waals surface area (Å²) in [6.45, 7) is 5.59. The normalized spacial score (nSPS) is 21.1. The summed E-state index contributed by atoms with van der Waals surface area (Å²) in [6.07, 6.45) is 1.22. The van der Waals surface area contributed by atoms with Crippen LogP contribution in [0.4, 0.5) is 11.4 Å². The van der Waals surface area contributed by atoms with Gasteiger partial charge in [-0.2, -0.15) is 0 Å². The molecule has 17 heavy (non-hydrogen) atoms. The predicted octanol–water partition coefficient (Wildman–Crippen LogP) is 1.94. The van der Waals surface area contributed by atoms with E-state index in [-0.39, 0.29) is 0 Å². The minimum atomic E-state index is 0.640. The van der Waals surface area contributed by atoms with Gasteiger partial charge >= 0.3 is 0 Å². The van der Waals surface area contributed by atoms with Crippen LogP contribution in [-0.4, -0.2) is 39.8 Å². The summed E-state index contributed by atoms with van der Waals surface area (Å²) in [5.41, 5.74) is 2.60. The Morgan fingerprint density at radius 3 is 2.53 bits per heavy atom. The van der Waals surface area contributed by atoms with E-state index in [1.165, 1.54) is 17.8 Å². The number of anilines is 2. The van der Waals surface area contributed by atoms with E-state index < -0.39 is 0 Å². The van der Waals surface area contributed by atoms with E-state index in [0.717, 1.165) is 19.6 Å². The maximum Gasteiger partial charge on any atom is 0.0368 e. The number of hydrogen-bond donors (Lipinski definition) is 1. The predicted molar refractivity (Wildman–Crippen MR) is 75.1 cm³/mol. The van der Waals surface area contributed by atoms with E-state index in [4.69, 9.17) is 0 Å². The van der Waals surface area contributed by atoms with Gasteiger partial charge in [0.15, 0.2) is 0 Å². The van der Waals surface area contributed by atoms with Crippen LogP contribution in [0.25, 0.3) is 0 Å². The lowest BCUT2D eigenvalue weighted by Gasteiger charge is -2.23. The van der Waals surface area contributed by atoms with Gasteiger partial charge in [0.25, 0.3) is 0 Å². The summed E-state index contributed by atoms with van der Waals surface area (Å²) < 4.78 is 0. The van der Waals surface area contributed by atoms with Gasteiger partial charge in [-0.3, -0.25) is 0 Å². The number of nitrogens with zero attached hydrogens (tertiary/aromatic N) is 2. The van der Waals surface area contributed by atoms with Gasteiger partial charge < -0.3 is 15.1 Å². The van der Waals surface area contributed by atoms with E-state index in [1.807, 2.05) is 0 Å². The summed E-state index contributed by atoms with van der Waals surface area (Å²) in [5.74, 6) is 0. The van der Waals surface area contributed by atoms with Crippen molar-refractivity contribution in [3.8, 4) is 0 Å². The van der Waals surface area contributed by atoms with Crippen LogP contribution in [0.3, 0.4) is 0 Å². The van der Waals surface area contributed by atoms with Crippen LogP contribution in [0.15, 0.2) is 24.3 Å². The van der Waals surface area contributed by atoms with Crippen LogP contribution in [-0.2, 0) is 0 Å². The third-order valence-corrected chi connectivity index (χ3v) is 3.44. The zero-order valence-corrected chi connectivity index (χ0v) is 11.1. The Hall–Kier alpha value is -1.22. The number of rotatable bonds is 2. The van der Waals surface area contributed by atoms with Gasteiger partial charge in [0.1, 0.15) is 0 Å². The molecule has 0 saturated carbocycles. The molecule has 3 heteroatoms. The van der Waals surface area contributed by atoms with Crippen molar-refractivity contribution in [2.24, 2.45) is 0 Å². The topological polar surface area (TPSA) is 18.5 Å². The molecule has 94 valence electrons. The molecule has 1 aliphatic rings. The molecule has 0 aromatic heterocycles. The molecule has 1 N–H and O–H groups in total. The Bertz CT molecular complexity index is 345. The Kier molecular flexibility index (Phi) is 3.89. The maximum atomic E-state index is 3.52. The van der Waals surface area contributed by atoms with Crippen LogP contribution in [0.2, 0.25) is 0 Å². The smallest absolute Gasteiger partial charge is 0.0368 e. The van der Waals surface area contributed by atoms with Gasteiger partial charge in [-0.1, -0.05) is 0 Å². The molecule has 3 nitrogen and oxygen atoms in total. The first-order valence-corrected chi connectivity index (χ1v) is 6.42. The van der Waals surface area contributed by atoms with E-state index in [2.05, 4.69) is 60.4 Å². The van der Waals surface area contributed by atoms with Crippen LogP contribution in [0, 0.1) is 0 Å². The molecule has 1 atom stereocenters. The molecule has 0 radical (unpaired) electrons. The number of hydrogen-bond acceptors (Lipinski definition) is 3. The molecule has 0 bridgehead atoms. The number of nitrogens with one attached hydrogen (secondary N) is 1. The minimum absolute atomic E-state index is 0.640. The summed E-state index contributed by atoms with van der Waals surface area (Å²) in [6, 6.07) is 9.48. The molecule has 1 aromatic rings. The molecule has 1 saturated heterocycles. The van der Waals surface area contributed by atoms with E-state index in [9.17, 15) is 0 Å². The van der Waals surface area contributed by atoms with Crippen molar-refractivity contribution in [1.29, 1.82) is 0 Å². The van der Waals surface area contributed by atoms with E-state index >= 15 is 0 Å². The van der Waals surface area contributed by atoms with Crippen molar-refractivity contribution >= 4 is 11.4 Å². The zero-order chi connectivity index (χ0) is 12.3. The molecule has 1 fully saturated rings. The summed E-state index contributed by atoms with van der Waals surface area (Å²) in [7, 11) is 4.15. The molecule has 0 amide bonds. The molecule has 1 unspecified atom stereocenters. The second-order valence-electron chi connectivity index (χ2n) is 5.04. The highest BCUT2D eigenvalue weighted by Crippen LogP contribution is 2.20. The summed E-state index contributed by atoms with van der Waals surface area (Å²) in [5, 5.41) is 3.52. The van der Waals surface area contributed by atoms with Crippen molar-refractivity contribution < 1.29 is 0 Å². The number of benzene rings is 1. The highest BCUT2D eigenvalue weighted by molar-refractivity contribution is 5.55. The van der Waals surface area contributed by atoms with Crippen molar-refractivity contribution in [2.75, 3.05) is 43.5 Å². The van der Waals surface area contributed by atoms with E-state index in [0.29, 0.717) is 6.04 Å². The third kappa shape index (κ3) is 3.13. The second kappa shape index (κ2) is 5.41. The fraction of sp³-hybridized carbons (Fsp3) is 0.571. The Morgan fingerprint density at radius 2 is 1.88 bits per heavy atom. The standard InChI is InChI=1S/C14H23N3/c1-12-8-10-17(11-9-15-12)14-6-4-13(5-7-14)16(2)3/h4-7,12,15H,8-11H2,1-3H3. The molecule has 2 rings (SSSR count). The lowest BCUT2D eigenvalue weighted by Crippen LogP contribution is -2.28. The van der Waals surface area contributed by atoms with Crippen LogP contribution in [0.1, 0.15) is 13.3 Å². The molecule has 0 spiro atoms. The minimum Gasteiger partial charge on any atom is -0.378 e. The summed E-state index contributed by atoms with van der Waals surface area (Å²) in [4.78, 5) is 4.60. The fourth-order valence-corrected chi connectivity index (χ4v) is 2.23. The first kappa shape index (κ1) is 12.2. The largest absolute Gasteiger partial charge is 0.378 e. The quantitative estimate of drug-likeness (QED) is 0.842. The van der Waals surface area contributed by atoms with Gasteiger partial charge in [-0.15, -0.1) is 0 Å². The van der Waals surface area contributed by atoms with E-state index in [1.54, 1.807) is 0 Å². The molecular formula is C14H23N3. The molecular weight excluding hydrogens is 210 g/mol. The van der Waals surface area contributed by atoms with Gasteiger partial charge in [-0.25, -0.2) is 0 Å². The SMILES string of the molecule is CC1CCN(c2ccc(N(C)C)cc2)CCN1. The lowest BCUT2D eigenvalue weighted by molar-refractivity contribution is 0.566. The van der Waals surface area contributed by atoms with Crippen LogP contribution < -0.4 is 15.1 Å². The first-order valence-electron chi connectivity index (χ1n) is 6.42. The summed E-state index contributed by atoms with van der Waals surface area (Å²) >= 11 is 0. The average molecular weight is 233 g/mol. The first-order chi connectivity index (χ1) is 8.16. The molecule has 0 aliphatic carbocycles. The monoisotopic (exact) mass is 233 g/mol. The van der Waals surface area contributed by atoms with Crippen LogP contribution in [0.5, 0.6) is 0 Å². The Balaban J connectivity index is 2.06. The third-order valence-electron chi connectivity index (χ3n) is 3.44. The molecule has 1 aromatic carbocycles. The van der Waals surface area contributed by atoms with Gasteiger partial charge in [-0.05, 0) is 37.6 Å². The van der Waals surface area contributed by atoms with Crippen molar-refractivity contribution in [3.05, 3.63) is 24.3 Å². The Morgan fingerprint density at radius 1 is 1.18 bits per heavy atom. The van der Waals surface area contributed by atoms with Gasteiger partial charge in [0, 0.05) is 51.1 Å².